The van der Waals surface area contributed by atoms with E-state index in [2.05, 4.69) is 26.0 Å². The van der Waals surface area contributed by atoms with Crippen LogP contribution in [0.2, 0.25) is 0 Å². The average molecular weight is 409 g/mol. The molecule has 0 N–H and O–H groups in total. The molecule has 1 unspecified atom stereocenters. The second-order valence-electron chi connectivity index (χ2n) is 8.20. The first-order valence-corrected chi connectivity index (χ1v) is 12.5. The molecule has 0 spiro atoms. The minimum absolute atomic E-state index is 0.0976. The molecule has 0 aliphatic heterocycles. The first kappa shape index (κ1) is 21.9. The van der Waals surface area contributed by atoms with E-state index in [0.717, 1.165) is 71.9 Å². The lowest BCUT2D eigenvalue weighted by atomic mass is 9.98. The molecule has 1 aliphatic rings. The number of hydrogen-bond donors (Lipinski definition) is 0. The van der Waals surface area contributed by atoms with Crippen LogP contribution in [0.25, 0.3) is 0 Å². The zero-order valence-electron chi connectivity index (χ0n) is 18.3. The lowest BCUT2D eigenvalue weighted by Gasteiger charge is -2.30. The highest BCUT2D eigenvalue weighted by molar-refractivity contribution is 7.90. The van der Waals surface area contributed by atoms with E-state index in [1.807, 2.05) is 38.1 Å². The van der Waals surface area contributed by atoms with E-state index in [1.165, 1.54) is 6.42 Å². The van der Waals surface area contributed by atoms with Gasteiger partial charge < -0.3 is 0 Å². The van der Waals surface area contributed by atoms with Crippen LogP contribution in [0.1, 0.15) is 88.9 Å². The van der Waals surface area contributed by atoms with Crippen molar-refractivity contribution in [2.75, 3.05) is 0 Å². The van der Waals surface area contributed by atoms with Crippen molar-refractivity contribution in [1.82, 2.24) is 0 Å². The van der Waals surface area contributed by atoms with Crippen molar-refractivity contribution in [3.63, 3.8) is 0 Å². The molecule has 1 saturated carbocycles. The SMILES string of the molecule is CCc1cccc(CC)c1C(=O)P(C(=O)c1c(C)cccc1C)C1CCCCC1. The summed E-state index contributed by atoms with van der Waals surface area (Å²) in [4.78, 5) is 28.0. The van der Waals surface area contributed by atoms with Gasteiger partial charge in [-0.1, -0.05) is 69.5 Å². The second-order valence-corrected chi connectivity index (χ2v) is 10.5. The molecule has 3 heteroatoms. The van der Waals surface area contributed by atoms with E-state index in [4.69, 9.17) is 0 Å². The topological polar surface area (TPSA) is 34.1 Å². The molecule has 1 atom stereocenters. The molecule has 0 radical (unpaired) electrons. The molecule has 0 amide bonds. The van der Waals surface area contributed by atoms with Crippen molar-refractivity contribution >= 4 is 19.0 Å². The maximum Gasteiger partial charge on any atom is 0.192 e. The zero-order chi connectivity index (χ0) is 21.0. The molecular weight excluding hydrogens is 375 g/mol. The molecule has 0 bridgehead atoms. The van der Waals surface area contributed by atoms with Gasteiger partial charge in [0, 0.05) is 19.0 Å². The Morgan fingerprint density at radius 2 is 1.28 bits per heavy atom. The van der Waals surface area contributed by atoms with Gasteiger partial charge in [-0.25, -0.2) is 0 Å². The summed E-state index contributed by atoms with van der Waals surface area (Å²) >= 11 is 0. The van der Waals surface area contributed by atoms with E-state index < -0.39 is 7.92 Å². The molecule has 1 fully saturated rings. The maximum atomic E-state index is 14.0. The minimum atomic E-state index is -1.41. The van der Waals surface area contributed by atoms with Crippen LogP contribution in [0.3, 0.4) is 0 Å². The minimum Gasteiger partial charge on any atom is -0.289 e. The van der Waals surface area contributed by atoms with E-state index in [-0.39, 0.29) is 16.7 Å². The number of carbonyl (C=O) groups is 2. The molecule has 2 aromatic carbocycles. The summed E-state index contributed by atoms with van der Waals surface area (Å²) < 4.78 is 0. The summed E-state index contributed by atoms with van der Waals surface area (Å²) in [6.45, 7) is 8.19. The number of hydrogen-bond acceptors (Lipinski definition) is 2. The van der Waals surface area contributed by atoms with Gasteiger partial charge in [-0.05, 0) is 67.4 Å². The third-order valence-electron chi connectivity index (χ3n) is 6.29. The van der Waals surface area contributed by atoms with E-state index >= 15 is 0 Å². The van der Waals surface area contributed by atoms with Gasteiger partial charge >= 0.3 is 0 Å². The van der Waals surface area contributed by atoms with Crippen molar-refractivity contribution in [2.45, 2.75) is 78.3 Å². The van der Waals surface area contributed by atoms with Crippen LogP contribution in [0, 0.1) is 13.8 Å². The van der Waals surface area contributed by atoms with Gasteiger partial charge in [0.25, 0.3) is 0 Å². The summed E-state index contributed by atoms with van der Waals surface area (Å²) in [5.41, 5.74) is 6.22. The van der Waals surface area contributed by atoms with Crippen LogP contribution in [-0.4, -0.2) is 16.7 Å². The third-order valence-corrected chi connectivity index (χ3v) is 8.85. The van der Waals surface area contributed by atoms with E-state index in [0.29, 0.717) is 0 Å². The summed E-state index contributed by atoms with van der Waals surface area (Å²) in [6.07, 6.45) is 7.13. The van der Waals surface area contributed by atoms with Gasteiger partial charge in [-0.2, -0.15) is 0 Å². The Kier molecular flexibility index (Phi) is 7.41. The van der Waals surface area contributed by atoms with E-state index in [1.54, 1.807) is 0 Å². The Hall–Kier alpha value is -1.79. The summed E-state index contributed by atoms with van der Waals surface area (Å²) in [7, 11) is -1.41. The average Bonchev–Trinajstić information content (AvgIpc) is 2.73. The van der Waals surface area contributed by atoms with Crippen LogP contribution < -0.4 is 0 Å². The first-order chi connectivity index (χ1) is 14.0. The highest BCUT2D eigenvalue weighted by Crippen LogP contribution is 2.54. The van der Waals surface area contributed by atoms with Crippen molar-refractivity contribution in [1.29, 1.82) is 0 Å². The molecule has 0 aromatic heterocycles. The summed E-state index contributed by atoms with van der Waals surface area (Å²) in [6, 6.07) is 12.2. The van der Waals surface area contributed by atoms with Crippen LogP contribution in [0.5, 0.6) is 0 Å². The molecule has 2 aromatic rings. The zero-order valence-corrected chi connectivity index (χ0v) is 19.1. The van der Waals surface area contributed by atoms with Gasteiger partial charge in [0.15, 0.2) is 11.0 Å². The van der Waals surface area contributed by atoms with Crippen LogP contribution >= 0.6 is 7.92 Å². The van der Waals surface area contributed by atoms with Gasteiger partial charge in [0.2, 0.25) is 0 Å². The second kappa shape index (κ2) is 9.81. The number of benzene rings is 2. The molecular formula is C26H33O2P. The predicted molar refractivity (Wildman–Crippen MR) is 124 cm³/mol. The Labute approximate surface area is 176 Å². The van der Waals surface area contributed by atoms with E-state index in [9.17, 15) is 9.59 Å². The third kappa shape index (κ3) is 4.53. The molecule has 1 aliphatic carbocycles. The quantitative estimate of drug-likeness (QED) is 0.453. The van der Waals surface area contributed by atoms with Crippen LogP contribution in [-0.2, 0) is 12.8 Å². The van der Waals surface area contributed by atoms with Crippen LogP contribution in [0.4, 0.5) is 0 Å². The summed E-state index contributed by atoms with van der Waals surface area (Å²) in [5, 5.41) is 0. The molecule has 3 rings (SSSR count). The fraction of sp³-hybridized carbons (Fsp3) is 0.462. The lowest BCUT2D eigenvalue weighted by Crippen LogP contribution is -2.22. The largest absolute Gasteiger partial charge is 0.289 e. The molecule has 154 valence electrons. The standard InChI is InChI=1S/C26H33O2P/c1-5-20-14-11-15-21(6-2)24(20)26(28)29(22-16-8-7-9-17-22)25(27)23-18(3)12-10-13-19(23)4/h10-15,22H,5-9,16-17H2,1-4H3. The molecule has 0 saturated heterocycles. The Morgan fingerprint density at radius 1 is 0.793 bits per heavy atom. The summed E-state index contributed by atoms with van der Waals surface area (Å²) in [5.74, 6) is 0. The Balaban J connectivity index is 2.12. The fourth-order valence-corrected chi connectivity index (χ4v) is 7.52. The maximum absolute atomic E-state index is 14.0. The van der Waals surface area contributed by atoms with Crippen molar-refractivity contribution in [3.8, 4) is 0 Å². The van der Waals surface area contributed by atoms with Crippen molar-refractivity contribution < 1.29 is 9.59 Å². The highest BCUT2D eigenvalue weighted by atomic mass is 31.1. The smallest absolute Gasteiger partial charge is 0.192 e. The molecule has 0 heterocycles. The monoisotopic (exact) mass is 408 g/mol. The Bertz CT molecular complexity index is 851. The number of aryl methyl sites for hydroxylation is 4. The molecule has 2 nitrogen and oxygen atoms in total. The molecule has 29 heavy (non-hydrogen) atoms. The normalized spacial score (nSPS) is 15.9. The van der Waals surface area contributed by atoms with Gasteiger partial charge in [-0.3, -0.25) is 9.59 Å². The van der Waals surface area contributed by atoms with Crippen molar-refractivity contribution in [3.05, 3.63) is 69.8 Å². The first-order valence-electron chi connectivity index (χ1n) is 11.0. The Morgan fingerprint density at radius 3 is 1.79 bits per heavy atom. The van der Waals surface area contributed by atoms with Crippen molar-refractivity contribution in [2.24, 2.45) is 0 Å². The fourth-order valence-electron chi connectivity index (χ4n) is 4.67. The number of carbonyl (C=O) groups excluding carboxylic acids is 2. The predicted octanol–water partition coefficient (Wildman–Crippen LogP) is 7.22. The van der Waals surface area contributed by atoms with Gasteiger partial charge in [0.05, 0.1) is 0 Å². The highest BCUT2D eigenvalue weighted by Gasteiger charge is 2.38. The lowest BCUT2D eigenvalue weighted by molar-refractivity contribution is 0.104. The van der Waals surface area contributed by atoms with Gasteiger partial charge in [-0.15, -0.1) is 0 Å². The van der Waals surface area contributed by atoms with Gasteiger partial charge in [0.1, 0.15) is 0 Å². The number of rotatable bonds is 7. The van der Waals surface area contributed by atoms with Crippen LogP contribution in [0.15, 0.2) is 36.4 Å².